The van der Waals surface area contributed by atoms with Crippen molar-refractivity contribution in [3.63, 3.8) is 0 Å². The second kappa shape index (κ2) is 6.34. The van der Waals surface area contributed by atoms with Crippen LogP contribution in [0.2, 0.25) is 0 Å². The van der Waals surface area contributed by atoms with Crippen molar-refractivity contribution in [1.29, 1.82) is 0 Å². The second-order valence-electron chi connectivity index (χ2n) is 4.69. The topological polar surface area (TPSA) is 12.9 Å². The van der Waals surface area contributed by atoms with Crippen molar-refractivity contribution in [3.8, 4) is 0 Å². The Balaban J connectivity index is 2.34. The van der Waals surface area contributed by atoms with Crippen LogP contribution in [0.15, 0.2) is 48.7 Å². The molecule has 0 amide bonds. The molecule has 0 aliphatic carbocycles. The van der Waals surface area contributed by atoms with Crippen LogP contribution in [0.25, 0.3) is 10.9 Å². The van der Waals surface area contributed by atoms with E-state index in [9.17, 15) is 0 Å². The monoisotopic (exact) mass is 239 g/mol. The van der Waals surface area contributed by atoms with Gasteiger partial charge in [0.15, 0.2) is 0 Å². The Kier molecular flexibility index (Phi) is 4.52. The summed E-state index contributed by atoms with van der Waals surface area (Å²) in [5.41, 5.74) is 2.48. The second-order valence-corrected chi connectivity index (χ2v) is 4.69. The molecule has 0 saturated heterocycles. The van der Waals surface area contributed by atoms with Crippen molar-refractivity contribution < 1.29 is 0 Å². The van der Waals surface area contributed by atoms with Crippen molar-refractivity contribution in [3.05, 3.63) is 54.2 Å². The molecule has 2 aromatic rings. The molecule has 1 heterocycles. The highest BCUT2D eigenvalue weighted by atomic mass is 14.6. The molecule has 18 heavy (non-hydrogen) atoms. The molecule has 1 unspecified atom stereocenters. The molecule has 2 rings (SSSR count). The average Bonchev–Trinajstić information content (AvgIpc) is 2.43. The Morgan fingerprint density at radius 3 is 2.89 bits per heavy atom. The third-order valence-electron chi connectivity index (χ3n) is 3.26. The van der Waals surface area contributed by atoms with E-state index in [1.165, 1.54) is 23.8 Å². The maximum Gasteiger partial charge on any atom is 0.0702 e. The molecule has 0 radical (unpaired) electrons. The van der Waals surface area contributed by atoms with E-state index in [0.717, 1.165) is 11.9 Å². The minimum Gasteiger partial charge on any atom is -0.256 e. The van der Waals surface area contributed by atoms with E-state index in [2.05, 4.69) is 55.2 Å². The molecule has 0 fully saturated rings. The fourth-order valence-electron chi connectivity index (χ4n) is 2.31. The fraction of sp³-hybridized carbons (Fsp3) is 0.353. The highest BCUT2D eigenvalue weighted by molar-refractivity contribution is 5.79. The number of allylic oxidation sites excluding steroid dienone is 2. The molecule has 1 atom stereocenters. The molecule has 0 aliphatic heterocycles. The molecule has 0 spiro atoms. The van der Waals surface area contributed by atoms with Crippen molar-refractivity contribution in [2.75, 3.05) is 0 Å². The third kappa shape index (κ3) is 2.98. The molecule has 0 N–H and O–H groups in total. The lowest BCUT2D eigenvalue weighted by atomic mass is 9.93. The summed E-state index contributed by atoms with van der Waals surface area (Å²) in [6, 6.07) is 10.8. The first kappa shape index (κ1) is 12.8. The minimum atomic E-state index is 0.541. The van der Waals surface area contributed by atoms with Gasteiger partial charge in [0.05, 0.1) is 5.52 Å². The minimum absolute atomic E-state index is 0.541. The Labute approximate surface area is 110 Å². The predicted octanol–water partition coefficient (Wildman–Crippen LogP) is 5.08. The van der Waals surface area contributed by atoms with Crippen LogP contribution in [0.5, 0.6) is 0 Å². The molecule has 1 aromatic carbocycles. The largest absolute Gasteiger partial charge is 0.256 e. The Bertz CT molecular complexity index is 528. The Morgan fingerprint density at radius 1 is 1.22 bits per heavy atom. The molecule has 0 bridgehead atoms. The van der Waals surface area contributed by atoms with E-state index in [0.29, 0.717) is 5.92 Å². The smallest absolute Gasteiger partial charge is 0.0702 e. The first-order valence-electron chi connectivity index (χ1n) is 6.86. The summed E-state index contributed by atoms with van der Waals surface area (Å²) in [5, 5.41) is 1.24. The maximum atomic E-state index is 4.37. The van der Waals surface area contributed by atoms with Crippen molar-refractivity contribution in [1.82, 2.24) is 4.98 Å². The molecular formula is C17H21N. The summed E-state index contributed by atoms with van der Waals surface area (Å²) >= 11 is 0. The van der Waals surface area contributed by atoms with Gasteiger partial charge in [-0.25, -0.2) is 0 Å². The zero-order valence-electron chi connectivity index (χ0n) is 11.3. The van der Waals surface area contributed by atoms with E-state index < -0.39 is 0 Å². The number of fused-ring (bicyclic) bond motifs is 1. The van der Waals surface area contributed by atoms with Crippen LogP contribution in [0.4, 0.5) is 0 Å². The highest BCUT2D eigenvalue weighted by Gasteiger charge is 2.07. The lowest BCUT2D eigenvalue weighted by Crippen LogP contribution is -1.95. The van der Waals surface area contributed by atoms with Gasteiger partial charge in [0.2, 0.25) is 0 Å². The number of pyridine rings is 1. The Morgan fingerprint density at radius 2 is 2.11 bits per heavy atom. The van der Waals surface area contributed by atoms with Gasteiger partial charge in [0.25, 0.3) is 0 Å². The van der Waals surface area contributed by atoms with Gasteiger partial charge < -0.3 is 0 Å². The number of aromatic nitrogens is 1. The van der Waals surface area contributed by atoms with E-state index >= 15 is 0 Å². The van der Waals surface area contributed by atoms with E-state index in [4.69, 9.17) is 0 Å². The molecule has 1 nitrogen and oxygen atoms in total. The SMILES string of the molecule is CCC=CC(CCC)c1ccc2ncccc2c1. The quantitative estimate of drug-likeness (QED) is 0.663. The molecular weight excluding hydrogens is 218 g/mol. The number of hydrogen-bond acceptors (Lipinski definition) is 1. The van der Waals surface area contributed by atoms with Crippen molar-refractivity contribution in [2.24, 2.45) is 0 Å². The van der Waals surface area contributed by atoms with E-state index in [1.54, 1.807) is 0 Å². The molecule has 94 valence electrons. The summed E-state index contributed by atoms with van der Waals surface area (Å²) in [6.07, 6.45) is 10.00. The summed E-state index contributed by atoms with van der Waals surface area (Å²) in [6.45, 7) is 4.43. The zero-order valence-corrected chi connectivity index (χ0v) is 11.3. The number of nitrogens with zero attached hydrogens (tertiary/aromatic N) is 1. The maximum absolute atomic E-state index is 4.37. The molecule has 0 aliphatic rings. The Hall–Kier alpha value is -1.63. The standard InChI is InChI=1S/C17H21N/c1-3-5-8-14(7-4-2)15-10-11-17-16(13-15)9-6-12-18-17/h5-6,8-14H,3-4,7H2,1-2H3. The number of hydrogen-bond donors (Lipinski definition) is 0. The van der Waals surface area contributed by atoms with Gasteiger partial charge in [-0.05, 0) is 36.6 Å². The first-order valence-corrected chi connectivity index (χ1v) is 6.86. The van der Waals surface area contributed by atoms with Gasteiger partial charge in [-0.2, -0.15) is 0 Å². The van der Waals surface area contributed by atoms with Crippen LogP contribution in [0, 0.1) is 0 Å². The van der Waals surface area contributed by atoms with Crippen LogP contribution in [0.3, 0.4) is 0 Å². The van der Waals surface area contributed by atoms with Gasteiger partial charge in [-0.3, -0.25) is 4.98 Å². The summed E-state index contributed by atoms with van der Waals surface area (Å²) in [7, 11) is 0. The molecule has 0 saturated carbocycles. The van der Waals surface area contributed by atoms with Crippen molar-refractivity contribution in [2.45, 2.75) is 39.0 Å². The van der Waals surface area contributed by atoms with E-state index in [-0.39, 0.29) is 0 Å². The first-order chi connectivity index (χ1) is 8.85. The summed E-state index contributed by atoms with van der Waals surface area (Å²) in [5.74, 6) is 0.541. The fourth-order valence-corrected chi connectivity index (χ4v) is 2.31. The third-order valence-corrected chi connectivity index (χ3v) is 3.26. The van der Waals surface area contributed by atoms with Crippen LogP contribution in [-0.4, -0.2) is 4.98 Å². The van der Waals surface area contributed by atoms with Gasteiger partial charge in [-0.15, -0.1) is 0 Å². The van der Waals surface area contributed by atoms with Crippen LogP contribution >= 0.6 is 0 Å². The van der Waals surface area contributed by atoms with Gasteiger partial charge in [0, 0.05) is 17.5 Å². The predicted molar refractivity (Wildman–Crippen MR) is 78.8 cm³/mol. The average molecular weight is 239 g/mol. The van der Waals surface area contributed by atoms with Gasteiger partial charge in [0.1, 0.15) is 0 Å². The summed E-state index contributed by atoms with van der Waals surface area (Å²) in [4.78, 5) is 4.37. The zero-order chi connectivity index (χ0) is 12.8. The van der Waals surface area contributed by atoms with Crippen LogP contribution in [-0.2, 0) is 0 Å². The van der Waals surface area contributed by atoms with E-state index in [1.807, 2.05) is 12.3 Å². The van der Waals surface area contributed by atoms with Crippen molar-refractivity contribution >= 4 is 10.9 Å². The van der Waals surface area contributed by atoms with Gasteiger partial charge >= 0.3 is 0 Å². The van der Waals surface area contributed by atoms with Gasteiger partial charge in [-0.1, -0.05) is 44.6 Å². The molecule has 1 heteroatoms. The lowest BCUT2D eigenvalue weighted by molar-refractivity contribution is 0.716. The van der Waals surface area contributed by atoms with Crippen LogP contribution < -0.4 is 0 Å². The lowest BCUT2D eigenvalue weighted by Gasteiger charge is -2.13. The normalized spacial score (nSPS) is 13.2. The number of benzene rings is 1. The number of rotatable bonds is 5. The van der Waals surface area contributed by atoms with Crippen LogP contribution in [0.1, 0.15) is 44.6 Å². The molecule has 1 aromatic heterocycles. The highest BCUT2D eigenvalue weighted by Crippen LogP contribution is 2.25. The summed E-state index contributed by atoms with van der Waals surface area (Å²) < 4.78 is 0.